The van der Waals surface area contributed by atoms with Crippen molar-refractivity contribution in [1.29, 1.82) is 0 Å². The topological polar surface area (TPSA) is 76.7 Å². The lowest BCUT2D eigenvalue weighted by atomic mass is 10.0. The van der Waals surface area contributed by atoms with Crippen LogP contribution in [0.15, 0.2) is 36.4 Å². The largest absolute Gasteiger partial charge is 0.444 e. The summed E-state index contributed by atoms with van der Waals surface area (Å²) >= 11 is 0. The van der Waals surface area contributed by atoms with E-state index >= 15 is 0 Å². The van der Waals surface area contributed by atoms with Crippen LogP contribution in [-0.4, -0.2) is 36.9 Å². The number of fused-ring (bicyclic) bond motifs is 1. The summed E-state index contributed by atoms with van der Waals surface area (Å²) in [6.45, 7) is 6.62. The molecule has 3 rings (SSSR count). The Bertz CT molecular complexity index is 836. The molecule has 0 radical (unpaired) electrons. The Hall–Kier alpha value is -2.60. The molecule has 0 saturated carbocycles. The number of rotatable bonds is 3. The molecule has 1 atom stereocenters. The Morgan fingerprint density at radius 3 is 2.48 bits per heavy atom. The Kier molecular flexibility index (Phi) is 5.65. The van der Waals surface area contributed by atoms with Gasteiger partial charge >= 0.3 is 6.09 Å². The van der Waals surface area contributed by atoms with Gasteiger partial charge in [-0.05, 0) is 56.5 Å². The van der Waals surface area contributed by atoms with Crippen LogP contribution in [0.5, 0.6) is 0 Å². The van der Waals surface area contributed by atoms with Gasteiger partial charge in [0.2, 0.25) is 0 Å². The molecular weight excluding hydrogens is 344 g/mol. The average molecular weight is 370 g/mol. The molecule has 0 spiro atoms. The van der Waals surface area contributed by atoms with Crippen molar-refractivity contribution in [3.8, 4) is 0 Å². The van der Waals surface area contributed by atoms with Gasteiger partial charge in [0, 0.05) is 6.61 Å². The van der Waals surface area contributed by atoms with E-state index in [2.05, 4.69) is 10.6 Å². The third kappa shape index (κ3) is 5.20. The number of anilines is 1. The first-order valence-corrected chi connectivity index (χ1v) is 9.23. The number of hydrogen-bond donors (Lipinski definition) is 2. The van der Waals surface area contributed by atoms with Crippen molar-refractivity contribution in [2.75, 3.05) is 18.5 Å². The molecule has 6 heteroatoms. The Balaban J connectivity index is 1.88. The molecule has 2 N–H and O–H groups in total. The zero-order valence-electron chi connectivity index (χ0n) is 16.0. The fourth-order valence-electron chi connectivity index (χ4n) is 3.06. The van der Waals surface area contributed by atoms with Crippen LogP contribution in [0, 0.1) is 0 Å². The minimum absolute atomic E-state index is 0.0212. The summed E-state index contributed by atoms with van der Waals surface area (Å²) in [6, 6.07) is 11.3. The molecule has 0 aliphatic carbocycles. The molecule has 1 aliphatic heterocycles. The van der Waals surface area contributed by atoms with Crippen molar-refractivity contribution >= 4 is 28.5 Å². The molecule has 2 aromatic rings. The SMILES string of the molecule is CC(C)(C)OC(=O)Nc1cc2ccccc2cc1C(=O)NC1CCCOC1. The number of carbonyl (C=O) groups excluding carboxylic acids is 2. The van der Waals surface area contributed by atoms with Gasteiger partial charge in [-0.2, -0.15) is 0 Å². The molecule has 144 valence electrons. The van der Waals surface area contributed by atoms with Gasteiger partial charge < -0.3 is 14.8 Å². The van der Waals surface area contributed by atoms with Gasteiger partial charge in [0.1, 0.15) is 5.60 Å². The van der Waals surface area contributed by atoms with Crippen LogP contribution in [0.2, 0.25) is 0 Å². The lowest BCUT2D eigenvalue weighted by Gasteiger charge is -2.24. The highest BCUT2D eigenvalue weighted by Gasteiger charge is 2.22. The number of carbonyl (C=O) groups is 2. The van der Waals surface area contributed by atoms with Gasteiger partial charge in [-0.15, -0.1) is 0 Å². The predicted molar refractivity (Wildman–Crippen MR) is 105 cm³/mol. The molecular formula is C21H26N2O4. The summed E-state index contributed by atoms with van der Waals surface area (Å²) in [5.74, 6) is -0.234. The van der Waals surface area contributed by atoms with E-state index in [1.807, 2.05) is 24.3 Å². The minimum Gasteiger partial charge on any atom is -0.444 e. The van der Waals surface area contributed by atoms with Crippen molar-refractivity contribution < 1.29 is 19.1 Å². The summed E-state index contributed by atoms with van der Waals surface area (Å²) in [7, 11) is 0. The molecule has 0 bridgehead atoms. The van der Waals surface area contributed by atoms with Crippen molar-refractivity contribution in [1.82, 2.24) is 5.32 Å². The summed E-state index contributed by atoms with van der Waals surface area (Å²) in [6.07, 6.45) is 1.22. The van der Waals surface area contributed by atoms with Crippen LogP contribution in [0.1, 0.15) is 44.0 Å². The van der Waals surface area contributed by atoms with Crippen molar-refractivity contribution in [3.05, 3.63) is 42.0 Å². The highest BCUT2D eigenvalue weighted by molar-refractivity contribution is 6.07. The van der Waals surface area contributed by atoms with E-state index in [0.29, 0.717) is 17.9 Å². The molecule has 6 nitrogen and oxygen atoms in total. The highest BCUT2D eigenvalue weighted by Crippen LogP contribution is 2.25. The van der Waals surface area contributed by atoms with Crippen LogP contribution in [0.4, 0.5) is 10.5 Å². The van der Waals surface area contributed by atoms with Gasteiger partial charge in [0.05, 0.1) is 23.9 Å². The van der Waals surface area contributed by atoms with Gasteiger partial charge in [0.15, 0.2) is 0 Å². The first kappa shape index (κ1) is 19.2. The standard InChI is InChI=1S/C21H26N2O4/c1-21(2,3)27-20(25)23-18-12-15-8-5-4-7-14(15)11-17(18)19(24)22-16-9-6-10-26-13-16/h4-5,7-8,11-12,16H,6,9-10,13H2,1-3H3,(H,22,24)(H,23,25). The minimum atomic E-state index is -0.622. The van der Waals surface area contributed by atoms with E-state index in [-0.39, 0.29) is 11.9 Å². The molecule has 1 aliphatic rings. The second-order valence-electron chi connectivity index (χ2n) is 7.76. The van der Waals surface area contributed by atoms with Crippen molar-refractivity contribution in [3.63, 3.8) is 0 Å². The van der Waals surface area contributed by atoms with E-state index in [9.17, 15) is 9.59 Å². The summed E-state index contributed by atoms with van der Waals surface area (Å²) in [5.41, 5.74) is 0.213. The zero-order chi connectivity index (χ0) is 19.4. The van der Waals surface area contributed by atoms with E-state index in [1.54, 1.807) is 32.9 Å². The van der Waals surface area contributed by atoms with Gasteiger partial charge in [-0.25, -0.2) is 4.79 Å². The zero-order valence-corrected chi connectivity index (χ0v) is 16.0. The molecule has 1 unspecified atom stereocenters. The van der Waals surface area contributed by atoms with Crippen LogP contribution in [-0.2, 0) is 9.47 Å². The molecule has 2 amide bonds. The van der Waals surface area contributed by atoms with E-state index in [4.69, 9.17) is 9.47 Å². The Morgan fingerprint density at radius 1 is 1.15 bits per heavy atom. The molecule has 27 heavy (non-hydrogen) atoms. The monoisotopic (exact) mass is 370 g/mol. The second kappa shape index (κ2) is 7.96. The van der Waals surface area contributed by atoms with Gasteiger partial charge in [-0.3, -0.25) is 10.1 Å². The lowest BCUT2D eigenvalue weighted by molar-refractivity contribution is 0.0624. The van der Waals surface area contributed by atoms with E-state index in [0.717, 1.165) is 30.2 Å². The normalized spacial score (nSPS) is 17.4. The predicted octanol–water partition coefficient (Wildman–Crippen LogP) is 4.10. The quantitative estimate of drug-likeness (QED) is 0.853. The molecule has 2 aromatic carbocycles. The average Bonchev–Trinajstić information content (AvgIpc) is 2.60. The third-order valence-electron chi connectivity index (χ3n) is 4.26. The van der Waals surface area contributed by atoms with Crippen LogP contribution < -0.4 is 10.6 Å². The van der Waals surface area contributed by atoms with Crippen LogP contribution >= 0.6 is 0 Å². The maximum atomic E-state index is 12.9. The fraction of sp³-hybridized carbons (Fsp3) is 0.429. The third-order valence-corrected chi connectivity index (χ3v) is 4.26. The Morgan fingerprint density at radius 2 is 1.85 bits per heavy atom. The smallest absolute Gasteiger partial charge is 0.412 e. The maximum Gasteiger partial charge on any atom is 0.412 e. The van der Waals surface area contributed by atoms with Crippen LogP contribution in [0.3, 0.4) is 0 Å². The first-order chi connectivity index (χ1) is 12.8. The van der Waals surface area contributed by atoms with Crippen molar-refractivity contribution in [2.45, 2.75) is 45.3 Å². The number of nitrogens with one attached hydrogen (secondary N) is 2. The Labute approximate surface area is 159 Å². The number of ether oxygens (including phenoxy) is 2. The summed E-state index contributed by atoms with van der Waals surface area (Å²) < 4.78 is 10.8. The maximum absolute atomic E-state index is 12.9. The molecule has 1 saturated heterocycles. The molecule has 1 heterocycles. The lowest BCUT2D eigenvalue weighted by Crippen LogP contribution is -2.41. The van der Waals surface area contributed by atoms with Crippen LogP contribution in [0.25, 0.3) is 10.8 Å². The number of hydrogen-bond acceptors (Lipinski definition) is 4. The summed E-state index contributed by atoms with van der Waals surface area (Å²) in [5, 5.41) is 7.59. The summed E-state index contributed by atoms with van der Waals surface area (Å²) in [4.78, 5) is 25.1. The second-order valence-corrected chi connectivity index (χ2v) is 7.76. The molecule has 1 fully saturated rings. The number of amides is 2. The van der Waals surface area contributed by atoms with Crippen molar-refractivity contribution in [2.24, 2.45) is 0 Å². The molecule has 0 aromatic heterocycles. The number of benzene rings is 2. The first-order valence-electron chi connectivity index (χ1n) is 9.23. The van der Waals surface area contributed by atoms with Gasteiger partial charge in [-0.1, -0.05) is 24.3 Å². The van der Waals surface area contributed by atoms with E-state index < -0.39 is 11.7 Å². The fourth-order valence-corrected chi connectivity index (χ4v) is 3.06. The van der Waals surface area contributed by atoms with Gasteiger partial charge in [0.25, 0.3) is 5.91 Å². The van der Waals surface area contributed by atoms with E-state index in [1.165, 1.54) is 0 Å². The highest BCUT2D eigenvalue weighted by atomic mass is 16.6.